The van der Waals surface area contributed by atoms with Crippen molar-refractivity contribution in [3.8, 4) is 0 Å². The lowest BCUT2D eigenvalue weighted by Crippen LogP contribution is -2.60. The molecule has 2 amide bonds. The highest BCUT2D eigenvalue weighted by molar-refractivity contribution is 6.30. The van der Waals surface area contributed by atoms with E-state index in [-0.39, 0.29) is 42.6 Å². The van der Waals surface area contributed by atoms with Crippen molar-refractivity contribution in [1.29, 1.82) is 0 Å². The zero-order chi connectivity index (χ0) is 27.1. The van der Waals surface area contributed by atoms with Gasteiger partial charge in [0, 0.05) is 23.5 Å². The Kier molecular flexibility index (Phi) is 7.77. The number of aromatic nitrogens is 1. The van der Waals surface area contributed by atoms with Gasteiger partial charge in [0.2, 0.25) is 5.91 Å². The van der Waals surface area contributed by atoms with Gasteiger partial charge in [-0.15, -0.1) is 0 Å². The van der Waals surface area contributed by atoms with E-state index in [1.54, 1.807) is 43.0 Å². The van der Waals surface area contributed by atoms with Crippen LogP contribution in [0.5, 0.6) is 0 Å². The number of aryl methyl sites for hydroxylation is 1. The van der Waals surface area contributed by atoms with Crippen LogP contribution in [0.25, 0.3) is 0 Å². The summed E-state index contributed by atoms with van der Waals surface area (Å²) in [5.74, 6) is -1.28. The van der Waals surface area contributed by atoms with Gasteiger partial charge in [-0.25, -0.2) is 4.98 Å². The molecule has 1 fully saturated rings. The van der Waals surface area contributed by atoms with E-state index in [1.165, 1.54) is 6.92 Å². The summed E-state index contributed by atoms with van der Waals surface area (Å²) in [6.07, 6.45) is -4.33. The van der Waals surface area contributed by atoms with E-state index in [2.05, 4.69) is 10.3 Å². The summed E-state index contributed by atoms with van der Waals surface area (Å²) in [6.45, 7) is 9.13. The van der Waals surface area contributed by atoms with E-state index in [0.29, 0.717) is 10.6 Å². The number of rotatable bonds is 5. The van der Waals surface area contributed by atoms with Crippen LogP contribution in [0.2, 0.25) is 5.02 Å². The fourth-order valence-corrected chi connectivity index (χ4v) is 4.79. The number of piperidine rings is 1. The van der Waals surface area contributed by atoms with Gasteiger partial charge in [0.05, 0.1) is 16.9 Å². The molecule has 1 aromatic carbocycles. The number of carbonyl (C=O) groups excluding carboxylic acids is 2. The normalized spacial score (nSPS) is 20.8. The van der Waals surface area contributed by atoms with E-state index in [1.807, 2.05) is 13.8 Å². The molecule has 36 heavy (non-hydrogen) atoms. The predicted octanol–water partition coefficient (Wildman–Crippen LogP) is 4.96. The van der Waals surface area contributed by atoms with Gasteiger partial charge in [-0.05, 0) is 49.1 Å². The van der Waals surface area contributed by atoms with Gasteiger partial charge < -0.3 is 15.3 Å². The fourth-order valence-electron chi connectivity index (χ4n) is 4.66. The van der Waals surface area contributed by atoms with E-state index < -0.39 is 34.8 Å². The second-order valence-electron chi connectivity index (χ2n) is 10.3. The van der Waals surface area contributed by atoms with Crippen molar-refractivity contribution in [2.24, 2.45) is 11.3 Å². The van der Waals surface area contributed by atoms with Crippen molar-refractivity contribution in [3.63, 3.8) is 0 Å². The van der Waals surface area contributed by atoms with Crippen molar-refractivity contribution < 1.29 is 27.9 Å². The number of amides is 2. The number of hydrogen-bond acceptors (Lipinski definition) is 4. The van der Waals surface area contributed by atoms with Crippen molar-refractivity contribution in [1.82, 2.24) is 15.2 Å². The molecular weight excluding hydrogens is 495 g/mol. The SMILES string of the molecule is Cc1nc(C(F)(F)F)ccc1C(=O)N[C@@H](C(=O)N1CC[C@](O)(c2ccc(Cl)cc2)C(C)(C)C1)C(C)C. The molecule has 0 radical (unpaired) electrons. The molecule has 1 aromatic heterocycles. The van der Waals surface area contributed by atoms with Gasteiger partial charge in [-0.3, -0.25) is 9.59 Å². The molecule has 6 nitrogen and oxygen atoms in total. The van der Waals surface area contributed by atoms with E-state index in [0.717, 1.165) is 12.1 Å². The fraction of sp³-hybridized carbons (Fsp3) is 0.500. The van der Waals surface area contributed by atoms with Gasteiger partial charge in [0.25, 0.3) is 5.91 Å². The van der Waals surface area contributed by atoms with Crippen LogP contribution in [0.1, 0.15) is 61.4 Å². The Morgan fingerprint density at radius 1 is 1.14 bits per heavy atom. The van der Waals surface area contributed by atoms with Gasteiger partial charge in [0.1, 0.15) is 11.7 Å². The lowest BCUT2D eigenvalue weighted by atomic mass is 9.66. The topological polar surface area (TPSA) is 82.5 Å². The lowest BCUT2D eigenvalue weighted by Gasteiger charge is -2.51. The Balaban J connectivity index is 1.78. The molecule has 0 bridgehead atoms. The maximum Gasteiger partial charge on any atom is 0.433 e. The molecule has 0 unspecified atom stereocenters. The predicted molar refractivity (Wildman–Crippen MR) is 130 cm³/mol. The minimum atomic E-state index is -4.62. The largest absolute Gasteiger partial charge is 0.433 e. The number of aliphatic hydroxyl groups is 1. The van der Waals surface area contributed by atoms with Crippen molar-refractivity contribution >= 4 is 23.4 Å². The van der Waals surface area contributed by atoms with Crippen LogP contribution < -0.4 is 5.32 Å². The van der Waals surface area contributed by atoms with Gasteiger partial charge in [0.15, 0.2) is 0 Å². The molecule has 2 heterocycles. The Bertz CT molecular complexity index is 1140. The van der Waals surface area contributed by atoms with Crippen LogP contribution in [-0.2, 0) is 16.6 Å². The molecule has 2 N–H and O–H groups in total. The quantitative estimate of drug-likeness (QED) is 0.578. The summed E-state index contributed by atoms with van der Waals surface area (Å²) in [5.41, 5.74) is -2.39. The maximum absolute atomic E-state index is 13.5. The molecule has 1 aliphatic rings. The Labute approximate surface area is 213 Å². The third-order valence-corrected chi connectivity index (χ3v) is 7.17. The van der Waals surface area contributed by atoms with Crippen LogP contribution >= 0.6 is 11.6 Å². The van der Waals surface area contributed by atoms with E-state index >= 15 is 0 Å². The Morgan fingerprint density at radius 2 is 1.75 bits per heavy atom. The third-order valence-electron chi connectivity index (χ3n) is 6.92. The Morgan fingerprint density at radius 3 is 2.25 bits per heavy atom. The smallest absolute Gasteiger partial charge is 0.384 e. The minimum Gasteiger partial charge on any atom is -0.384 e. The maximum atomic E-state index is 13.5. The van der Waals surface area contributed by atoms with Crippen molar-refractivity contribution in [2.45, 2.75) is 58.9 Å². The number of nitrogens with zero attached hydrogens (tertiary/aromatic N) is 2. The molecule has 0 saturated carbocycles. The molecule has 1 aliphatic heterocycles. The van der Waals surface area contributed by atoms with Crippen LogP contribution in [-0.4, -0.2) is 45.9 Å². The highest BCUT2D eigenvalue weighted by Crippen LogP contribution is 2.46. The molecular formula is C26H31ClF3N3O3. The van der Waals surface area contributed by atoms with Crippen molar-refractivity contribution in [3.05, 3.63) is 63.9 Å². The van der Waals surface area contributed by atoms with Crippen LogP contribution in [0.15, 0.2) is 36.4 Å². The second kappa shape index (κ2) is 10.0. The van der Waals surface area contributed by atoms with E-state index in [9.17, 15) is 27.9 Å². The summed E-state index contributed by atoms with van der Waals surface area (Å²) in [6, 6.07) is 7.89. The minimum absolute atomic E-state index is 0.0301. The standard InChI is InChI=1S/C26H31ClF3N3O3/c1-15(2)21(32-22(34)19-10-11-20(26(28,29)30)31-16(19)3)23(35)33-13-12-25(36,24(4,5)14-33)17-6-8-18(27)9-7-17/h6-11,15,21,36H,12-14H2,1-5H3,(H,32,34)/t21-,25+/m1/s1. The first kappa shape index (κ1) is 27.9. The molecule has 0 aliphatic carbocycles. The monoisotopic (exact) mass is 525 g/mol. The molecule has 196 valence electrons. The van der Waals surface area contributed by atoms with Crippen LogP contribution in [0, 0.1) is 18.3 Å². The Hall–Kier alpha value is -2.65. The van der Waals surface area contributed by atoms with Crippen LogP contribution in [0.3, 0.4) is 0 Å². The number of carbonyl (C=O) groups is 2. The highest BCUT2D eigenvalue weighted by Gasteiger charge is 2.50. The summed E-state index contributed by atoms with van der Waals surface area (Å²) < 4.78 is 38.8. The molecule has 10 heteroatoms. The molecule has 2 atom stereocenters. The first-order valence-corrected chi connectivity index (χ1v) is 12.1. The van der Waals surface area contributed by atoms with Gasteiger partial charge >= 0.3 is 6.18 Å². The number of benzene rings is 1. The first-order chi connectivity index (χ1) is 16.6. The molecule has 0 spiro atoms. The van der Waals surface area contributed by atoms with Gasteiger partial charge in [-0.1, -0.05) is 51.4 Å². The van der Waals surface area contributed by atoms with E-state index in [4.69, 9.17) is 11.6 Å². The number of likely N-dealkylation sites (tertiary alicyclic amines) is 1. The lowest BCUT2D eigenvalue weighted by molar-refractivity contribution is -0.155. The number of pyridine rings is 1. The third kappa shape index (κ3) is 5.52. The summed E-state index contributed by atoms with van der Waals surface area (Å²) in [5, 5.41) is 14.8. The summed E-state index contributed by atoms with van der Waals surface area (Å²) >= 11 is 6.00. The zero-order valence-corrected chi connectivity index (χ0v) is 21.7. The number of alkyl halides is 3. The number of halogens is 4. The average molecular weight is 526 g/mol. The summed E-state index contributed by atoms with van der Waals surface area (Å²) in [4.78, 5) is 31.5. The highest BCUT2D eigenvalue weighted by atomic mass is 35.5. The molecule has 2 aromatic rings. The second-order valence-corrected chi connectivity index (χ2v) is 10.7. The number of hydrogen-bond donors (Lipinski definition) is 2. The zero-order valence-electron chi connectivity index (χ0n) is 20.9. The molecule has 1 saturated heterocycles. The first-order valence-electron chi connectivity index (χ1n) is 11.7. The summed E-state index contributed by atoms with van der Waals surface area (Å²) in [7, 11) is 0. The molecule has 3 rings (SSSR count). The van der Waals surface area contributed by atoms with Crippen LogP contribution in [0.4, 0.5) is 13.2 Å². The van der Waals surface area contributed by atoms with Crippen molar-refractivity contribution in [2.75, 3.05) is 13.1 Å². The number of nitrogens with one attached hydrogen (secondary N) is 1. The average Bonchev–Trinajstić information content (AvgIpc) is 2.78. The van der Waals surface area contributed by atoms with Gasteiger partial charge in [-0.2, -0.15) is 13.2 Å².